The molecule has 4 rings (SSSR count). The van der Waals surface area contributed by atoms with E-state index in [-0.39, 0.29) is 0 Å². The van der Waals surface area contributed by atoms with E-state index in [0.29, 0.717) is 24.5 Å². The van der Waals surface area contributed by atoms with Gasteiger partial charge in [-0.3, -0.25) is 9.88 Å². The molecule has 0 amide bonds. The molecule has 1 saturated heterocycles. The third-order valence-corrected chi connectivity index (χ3v) is 7.23. The SMILES string of the molecule is Cc1ccc(S(=O)(=O)N2CCCN(Cc3cccc4cccnc34)CC2)cc1. The Morgan fingerprint density at radius 3 is 2.54 bits per heavy atom. The Labute approximate surface area is 166 Å². The van der Waals surface area contributed by atoms with Crippen LogP contribution in [0.15, 0.2) is 65.7 Å². The van der Waals surface area contributed by atoms with Crippen molar-refractivity contribution < 1.29 is 8.42 Å². The normalized spacial score (nSPS) is 16.9. The number of hydrogen-bond acceptors (Lipinski definition) is 4. The van der Waals surface area contributed by atoms with Crippen molar-refractivity contribution in [2.75, 3.05) is 26.2 Å². The van der Waals surface area contributed by atoms with Gasteiger partial charge >= 0.3 is 0 Å². The van der Waals surface area contributed by atoms with Crippen molar-refractivity contribution in [3.8, 4) is 0 Å². The van der Waals surface area contributed by atoms with Crippen molar-refractivity contribution in [2.45, 2.75) is 24.8 Å². The lowest BCUT2D eigenvalue weighted by atomic mass is 10.1. The Balaban J connectivity index is 1.48. The predicted molar refractivity (Wildman–Crippen MR) is 112 cm³/mol. The van der Waals surface area contributed by atoms with Gasteiger partial charge in [-0.25, -0.2) is 8.42 Å². The van der Waals surface area contributed by atoms with Gasteiger partial charge in [0.05, 0.1) is 10.4 Å². The molecule has 0 radical (unpaired) electrons. The summed E-state index contributed by atoms with van der Waals surface area (Å²) in [5, 5.41) is 1.14. The number of pyridine rings is 1. The summed E-state index contributed by atoms with van der Waals surface area (Å²) >= 11 is 0. The molecular formula is C22H25N3O2S. The Hall–Kier alpha value is -2.28. The number of benzene rings is 2. The summed E-state index contributed by atoms with van der Waals surface area (Å²) in [5.41, 5.74) is 3.27. The van der Waals surface area contributed by atoms with Gasteiger partial charge < -0.3 is 0 Å². The fraction of sp³-hybridized carbons (Fsp3) is 0.318. The molecule has 0 unspecified atom stereocenters. The van der Waals surface area contributed by atoms with E-state index >= 15 is 0 Å². The molecule has 0 atom stereocenters. The standard InChI is InChI=1S/C22H25N3O2S/c1-18-8-10-21(11-9-18)28(26,27)25-14-4-13-24(15-16-25)17-20-6-2-5-19-7-3-12-23-22(19)20/h2-3,5-12H,4,13-17H2,1H3. The molecule has 0 saturated carbocycles. The van der Waals surface area contributed by atoms with Crippen molar-refractivity contribution in [1.29, 1.82) is 0 Å². The minimum Gasteiger partial charge on any atom is -0.298 e. The highest BCUT2D eigenvalue weighted by Crippen LogP contribution is 2.21. The Morgan fingerprint density at radius 2 is 1.71 bits per heavy atom. The lowest BCUT2D eigenvalue weighted by Gasteiger charge is -2.22. The van der Waals surface area contributed by atoms with Crippen molar-refractivity contribution in [3.05, 3.63) is 71.9 Å². The van der Waals surface area contributed by atoms with Crippen LogP contribution in [0.5, 0.6) is 0 Å². The van der Waals surface area contributed by atoms with Gasteiger partial charge in [-0.2, -0.15) is 4.31 Å². The Bertz CT molecular complexity index is 1060. The van der Waals surface area contributed by atoms with Gasteiger partial charge in [0.2, 0.25) is 10.0 Å². The fourth-order valence-electron chi connectivity index (χ4n) is 3.74. The van der Waals surface area contributed by atoms with Crippen LogP contribution in [0, 0.1) is 6.92 Å². The summed E-state index contributed by atoms with van der Waals surface area (Å²) in [6, 6.07) is 17.4. The monoisotopic (exact) mass is 395 g/mol. The first-order chi connectivity index (χ1) is 13.5. The number of nitrogens with zero attached hydrogens (tertiary/aromatic N) is 3. The summed E-state index contributed by atoms with van der Waals surface area (Å²) in [6.07, 6.45) is 2.65. The van der Waals surface area contributed by atoms with E-state index in [1.165, 1.54) is 5.56 Å². The minimum atomic E-state index is -3.44. The Kier molecular flexibility index (Phi) is 5.44. The molecule has 0 aliphatic carbocycles. The molecule has 5 nitrogen and oxygen atoms in total. The van der Waals surface area contributed by atoms with Crippen LogP contribution in [0.2, 0.25) is 0 Å². The van der Waals surface area contributed by atoms with Gasteiger partial charge in [-0.05, 0) is 43.7 Å². The molecule has 0 bridgehead atoms. The number of hydrogen-bond donors (Lipinski definition) is 0. The predicted octanol–water partition coefficient (Wildman–Crippen LogP) is 3.44. The summed E-state index contributed by atoms with van der Waals surface area (Å²) in [4.78, 5) is 7.25. The molecule has 1 aromatic heterocycles. The molecule has 146 valence electrons. The quantitative estimate of drug-likeness (QED) is 0.679. The van der Waals surface area contributed by atoms with Gasteiger partial charge in [-0.1, -0.05) is 42.0 Å². The van der Waals surface area contributed by atoms with Crippen LogP contribution in [0.25, 0.3) is 10.9 Å². The van der Waals surface area contributed by atoms with E-state index in [0.717, 1.165) is 36.0 Å². The smallest absolute Gasteiger partial charge is 0.243 e. The van der Waals surface area contributed by atoms with E-state index in [2.05, 4.69) is 34.1 Å². The van der Waals surface area contributed by atoms with E-state index in [4.69, 9.17) is 0 Å². The van der Waals surface area contributed by atoms with Crippen LogP contribution in [0.1, 0.15) is 17.5 Å². The maximum absolute atomic E-state index is 13.0. The number of fused-ring (bicyclic) bond motifs is 1. The fourth-order valence-corrected chi connectivity index (χ4v) is 5.21. The highest BCUT2D eigenvalue weighted by molar-refractivity contribution is 7.89. The first kappa shape index (κ1) is 19.1. The van der Waals surface area contributed by atoms with Crippen LogP contribution in [0.4, 0.5) is 0 Å². The molecule has 1 fully saturated rings. The minimum absolute atomic E-state index is 0.379. The van der Waals surface area contributed by atoms with Crippen molar-refractivity contribution in [3.63, 3.8) is 0 Å². The lowest BCUT2D eigenvalue weighted by Crippen LogP contribution is -2.35. The first-order valence-electron chi connectivity index (χ1n) is 9.66. The number of aromatic nitrogens is 1. The summed E-state index contributed by atoms with van der Waals surface area (Å²) in [5.74, 6) is 0. The number of aryl methyl sites for hydroxylation is 1. The molecule has 2 aromatic carbocycles. The molecule has 0 N–H and O–H groups in total. The number of rotatable bonds is 4. The Morgan fingerprint density at radius 1 is 0.929 bits per heavy atom. The molecule has 1 aliphatic heterocycles. The highest BCUT2D eigenvalue weighted by Gasteiger charge is 2.27. The molecule has 1 aliphatic rings. The zero-order chi connectivity index (χ0) is 19.6. The maximum Gasteiger partial charge on any atom is 0.243 e. The van der Waals surface area contributed by atoms with Crippen LogP contribution < -0.4 is 0 Å². The zero-order valence-electron chi connectivity index (χ0n) is 16.1. The summed E-state index contributed by atoms with van der Waals surface area (Å²) in [6.45, 7) is 5.40. The first-order valence-corrected chi connectivity index (χ1v) is 11.1. The average Bonchev–Trinajstić information content (AvgIpc) is 2.95. The average molecular weight is 396 g/mol. The number of para-hydroxylation sites is 1. The van der Waals surface area contributed by atoms with Crippen molar-refractivity contribution >= 4 is 20.9 Å². The summed E-state index contributed by atoms with van der Waals surface area (Å²) < 4.78 is 27.6. The topological polar surface area (TPSA) is 53.5 Å². The zero-order valence-corrected chi connectivity index (χ0v) is 16.9. The van der Waals surface area contributed by atoms with E-state index in [1.54, 1.807) is 16.4 Å². The molecule has 6 heteroatoms. The van der Waals surface area contributed by atoms with E-state index in [9.17, 15) is 8.42 Å². The largest absolute Gasteiger partial charge is 0.298 e. The third-order valence-electron chi connectivity index (χ3n) is 5.32. The van der Waals surface area contributed by atoms with Gasteiger partial charge in [0.15, 0.2) is 0 Å². The summed E-state index contributed by atoms with van der Waals surface area (Å²) in [7, 11) is -3.44. The number of sulfonamides is 1. The van der Waals surface area contributed by atoms with Gasteiger partial charge in [0, 0.05) is 37.8 Å². The van der Waals surface area contributed by atoms with Gasteiger partial charge in [0.1, 0.15) is 0 Å². The highest BCUT2D eigenvalue weighted by atomic mass is 32.2. The van der Waals surface area contributed by atoms with Gasteiger partial charge in [-0.15, -0.1) is 0 Å². The van der Waals surface area contributed by atoms with Gasteiger partial charge in [0.25, 0.3) is 0 Å². The molecule has 2 heterocycles. The second-order valence-corrected chi connectivity index (χ2v) is 9.28. The van der Waals surface area contributed by atoms with Crippen LogP contribution in [-0.4, -0.2) is 48.8 Å². The maximum atomic E-state index is 13.0. The second kappa shape index (κ2) is 7.99. The molecule has 28 heavy (non-hydrogen) atoms. The molecule has 0 spiro atoms. The lowest BCUT2D eigenvalue weighted by molar-refractivity contribution is 0.279. The van der Waals surface area contributed by atoms with Crippen molar-refractivity contribution in [1.82, 2.24) is 14.2 Å². The third kappa shape index (κ3) is 3.94. The van der Waals surface area contributed by atoms with E-state index in [1.807, 2.05) is 31.3 Å². The van der Waals surface area contributed by atoms with Crippen LogP contribution in [0.3, 0.4) is 0 Å². The second-order valence-electron chi connectivity index (χ2n) is 7.34. The van der Waals surface area contributed by atoms with Crippen molar-refractivity contribution in [2.24, 2.45) is 0 Å². The van der Waals surface area contributed by atoms with Crippen LogP contribution in [-0.2, 0) is 16.6 Å². The molecular weight excluding hydrogens is 370 g/mol. The molecule has 3 aromatic rings. The van der Waals surface area contributed by atoms with Crippen LogP contribution >= 0.6 is 0 Å². The van der Waals surface area contributed by atoms with E-state index < -0.39 is 10.0 Å².